The van der Waals surface area contributed by atoms with E-state index in [2.05, 4.69) is 16.7 Å². The molecule has 114 valence electrons. The number of hydrogen-bond donors (Lipinski definition) is 2. The number of rotatable bonds is 5. The SMILES string of the molecule is CN(Cc1ccc(C#CCCO)cc1F)CC1CC(O)C1. The topological polar surface area (TPSA) is 43.7 Å². The molecule has 1 aromatic carbocycles. The zero-order chi connectivity index (χ0) is 15.2. The van der Waals surface area contributed by atoms with Gasteiger partial charge in [-0.3, -0.25) is 0 Å². The summed E-state index contributed by atoms with van der Waals surface area (Å²) in [5.41, 5.74) is 1.29. The van der Waals surface area contributed by atoms with E-state index in [1.807, 2.05) is 13.1 Å². The second kappa shape index (κ2) is 7.56. The van der Waals surface area contributed by atoms with Crippen LogP contribution in [0.2, 0.25) is 0 Å². The minimum Gasteiger partial charge on any atom is -0.395 e. The first kappa shape index (κ1) is 16.0. The van der Waals surface area contributed by atoms with Gasteiger partial charge in [0.2, 0.25) is 0 Å². The van der Waals surface area contributed by atoms with Crippen LogP contribution in [0.3, 0.4) is 0 Å². The lowest BCUT2D eigenvalue weighted by Gasteiger charge is -2.34. The number of benzene rings is 1. The van der Waals surface area contributed by atoms with Gasteiger partial charge in [0.05, 0.1) is 12.7 Å². The summed E-state index contributed by atoms with van der Waals surface area (Å²) in [6.07, 6.45) is 1.97. The Morgan fingerprint density at radius 1 is 1.38 bits per heavy atom. The number of hydrogen-bond acceptors (Lipinski definition) is 3. The molecule has 0 amide bonds. The first-order chi connectivity index (χ1) is 10.1. The molecular formula is C17H22FNO2. The van der Waals surface area contributed by atoms with Crippen LogP contribution in [0.5, 0.6) is 0 Å². The van der Waals surface area contributed by atoms with Crippen LogP contribution < -0.4 is 0 Å². The van der Waals surface area contributed by atoms with E-state index in [0.29, 0.717) is 30.0 Å². The molecule has 0 heterocycles. The second-order valence-corrected chi connectivity index (χ2v) is 5.77. The van der Waals surface area contributed by atoms with Gasteiger partial charge in [0.25, 0.3) is 0 Å². The molecule has 2 N–H and O–H groups in total. The Morgan fingerprint density at radius 3 is 2.76 bits per heavy atom. The third-order valence-electron chi connectivity index (χ3n) is 3.74. The number of nitrogens with zero attached hydrogens (tertiary/aromatic N) is 1. The smallest absolute Gasteiger partial charge is 0.128 e. The zero-order valence-electron chi connectivity index (χ0n) is 12.3. The van der Waals surface area contributed by atoms with Gasteiger partial charge < -0.3 is 15.1 Å². The van der Waals surface area contributed by atoms with Gasteiger partial charge in [-0.25, -0.2) is 4.39 Å². The fourth-order valence-electron chi connectivity index (χ4n) is 2.62. The lowest BCUT2D eigenvalue weighted by molar-refractivity contribution is 0.0272. The quantitative estimate of drug-likeness (QED) is 0.813. The molecule has 0 aliphatic heterocycles. The Bertz CT molecular complexity index is 529. The van der Waals surface area contributed by atoms with Gasteiger partial charge in [-0.15, -0.1) is 0 Å². The van der Waals surface area contributed by atoms with E-state index < -0.39 is 0 Å². The van der Waals surface area contributed by atoms with Gasteiger partial charge in [-0.1, -0.05) is 17.9 Å². The Labute approximate surface area is 125 Å². The predicted octanol–water partition coefficient (Wildman–Crippen LogP) is 1.76. The Kier molecular flexibility index (Phi) is 5.75. The Morgan fingerprint density at radius 2 is 2.14 bits per heavy atom. The van der Waals surface area contributed by atoms with Gasteiger partial charge >= 0.3 is 0 Å². The first-order valence-electron chi connectivity index (χ1n) is 7.33. The lowest BCUT2D eigenvalue weighted by atomic mass is 9.82. The molecule has 4 heteroatoms. The highest BCUT2D eigenvalue weighted by Gasteiger charge is 2.27. The van der Waals surface area contributed by atoms with E-state index in [-0.39, 0.29) is 18.5 Å². The van der Waals surface area contributed by atoms with Crippen LogP contribution in [0.4, 0.5) is 4.39 Å². The highest BCUT2D eigenvalue weighted by Crippen LogP contribution is 2.28. The highest BCUT2D eigenvalue weighted by molar-refractivity contribution is 5.37. The highest BCUT2D eigenvalue weighted by atomic mass is 19.1. The molecule has 0 atom stereocenters. The van der Waals surface area contributed by atoms with Crippen LogP contribution in [-0.4, -0.2) is 41.4 Å². The van der Waals surface area contributed by atoms with Crippen molar-refractivity contribution in [1.82, 2.24) is 4.90 Å². The van der Waals surface area contributed by atoms with E-state index in [1.54, 1.807) is 6.07 Å². The van der Waals surface area contributed by atoms with Crippen molar-refractivity contribution in [3.8, 4) is 11.8 Å². The van der Waals surface area contributed by atoms with Crippen LogP contribution in [-0.2, 0) is 6.54 Å². The summed E-state index contributed by atoms with van der Waals surface area (Å²) in [5, 5.41) is 17.9. The Hall–Kier alpha value is -1.41. The standard InChI is InChI=1S/C17H22FNO2/c1-19(11-14-8-16(21)9-14)12-15-6-5-13(10-17(15)18)4-2-3-7-20/h5-6,10,14,16,20-21H,3,7-9,11-12H2,1H3. The predicted molar refractivity (Wildman–Crippen MR) is 80.0 cm³/mol. The van der Waals surface area contributed by atoms with E-state index in [9.17, 15) is 9.50 Å². The van der Waals surface area contributed by atoms with Gasteiger partial charge in [-0.05, 0) is 37.9 Å². The van der Waals surface area contributed by atoms with Crippen molar-refractivity contribution in [2.24, 2.45) is 5.92 Å². The third kappa shape index (κ3) is 4.82. The third-order valence-corrected chi connectivity index (χ3v) is 3.74. The van der Waals surface area contributed by atoms with Crippen LogP contribution in [0.15, 0.2) is 18.2 Å². The summed E-state index contributed by atoms with van der Waals surface area (Å²) >= 11 is 0. The molecule has 1 aliphatic carbocycles. The van der Waals surface area contributed by atoms with Gasteiger partial charge in [0.1, 0.15) is 5.82 Å². The minimum atomic E-state index is -0.244. The summed E-state index contributed by atoms with van der Waals surface area (Å²) in [5.74, 6) is 5.89. The molecule has 21 heavy (non-hydrogen) atoms. The largest absolute Gasteiger partial charge is 0.395 e. The van der Waals surface area contributed by atoms with Crippen LogP contribution >= 0.6 is 0 Å². The lowest BCUT2D eigenvalue weighted by Crippen LogP contribution is -2.36. The maximum Gasteiger partial charge on any atom is 0.128 e. The minimum absolute atomic E-state index is 0.0220. The van der Waals surface area contributed by atoms with Gasteiger partial charge in [-0.2, -0.15) is 0 Å². The van der Waals surface area contributed by atoms with E-state index in [4.69, 9.17) is 5.11 Å². The summed E-state index contributed by atoms with van der Waals surface area (Å²) in [7, 11) is 1.97. The monoisotopic (exact) mass is 291 g/mol. The van der Waals surface area contributed by atoms with Crippen molar-refractivity contribution in [3.63, 3.8) is 0 Å². The average molecular weight is 291 g/mol. The molecule has 1 aliphatic rings. The summed E-state index contributed by atoms with van der Waals surface area (Å²) < 4.78 is 14.0. The molecular weight excluding hydrogens is 269 g/mol. The zero-order valence-corrected chi connectivity index (χ0v) is 12.3. The van der Waals surface area contributed by atoms with E-state index >= 15 is 0 Å². The van der Waals surface area contributed by atoms with Crippen molar-refractivity contribution >= 4 is 0 Å². The van der Waals surface area contributed by atoms with Gasteiger partial charge in [0.15, 0.2) is 0 Å². The number of halogens is 1. The van der Waals surface area contributed by atoms with Gasteiger partial charge in [0, 0.05) is 30.6 Å². The molecule has 3 nitrogen and oxygen atoms in total. The molecule has 0 spiro atoms. The first-order valence-corrected chi connectivity index (χ1v) is 7.33. The maximum absolute atomic E-state index is 14.0. The summed E-state index contributed by atoms with van der Waals surface area (Å²) in [6.45, 7) is 1.46. The van der Waals surface area contributed by atoms with Crippen LogP contribution in [0.1, 0.15) is 30.4 Å². The van der Waals surface area contributed by atoms with Crippen molar-refractivity contribution in [2.45, 2.75) is 31.9 Å². The maximum atomic E-state index is 14.0. The molecule has 0 unspecified atom stereocenters. The average Bonchev–Trinajstić information content (AvgIpc) is 2.40. The number of aliphatic hydroxyl groups is 2. The van der Waals surface area contributed by atoms with Crippen molar-refractivity contribution in [2.75, 3.05) is 20.2 Å². The Balaban J connectivity index is 1.90. The molecule has 0 radical (unpaired) electrons. The summed E-state index contributed by atoms with van der Waals surface area (Å²) in [4.78, 5) is 2.09. The van der Waals surface area contributed by atoms with Crippen molar-refractivity contribution in [3.05, 3.63) is 35.1 Å². The van der Waals surface area contributed by atoms with E-state index in [1.165, 1.54) is 6.07 Å². The van der Waals surface area contributed by atoms with E-state index in [0.717, 1.165) is 19.4 Å². The molecule has 0 saturated heterocycles. The molecule has 1 saturated carbocycles. The molecule has 1 fully saturated rings. The molecule has 2 rings (SSSR count). The van der Waals surface area contributed by atoms with Crippen LogP contribution in [0.25, 0.3) is 0 Å². The number of aliphatic hydroxyl groups excluding tert-OH is 2. The normalized spacial score (nSPS) is 20.8. The molecule has 0 aromatic heterocycles. The molecule has 0 bridgehead atoms. The van der Waals surface area contributed by atoms with Crippen molar-refractivity contribution in [1.29, 1.82) is 0 Å². The van der Waals surface area contributed by atoms with Crippen molar-refractivity contribution < 1.29 is 14.6 Å². The fourth-order valence-corrected chi connectivity index (χ4v) is 2.62. The second-order valence-electron chi connectivity index (χ2n) is 5.77. The molecule has 1 aromatic rings. The van der Waals surface area contributed by atoms with Crippen LogP contribution in [0, 0.1) is 23.6 Å². The summed E-state index contributed by atoms with van der Waals surface area (Å²) in [6, 6.07) is 5.02. The fraction of sp³-hybridized carbons (Fsp3) is 0.529.